The van der Waals surface area contributed by atoms with Crippen LogP contribution < -0.4 is 5.32 Å². The fraction of sp³-hybridized carbons (Fsp3) is 0.938. The van der Waals surface area contributed by atoms with Crippen molar-refractivity contribution < 1.29 is 9.90 Å². The van der Waals surface area contributed by atoms with Gasteiger partial charge in [0.25, 0.3) is 0 Å². The summed E-state index contributed by atoms with van der Waals surface area (Å²) >= 11 is 0. The zero-order valence-corrected chi connectivity index (χ0v) is 13.0. The summed E-state index contributed by atoms with van der Waals surface area (Å²) < 4.78 is 0. The summed E-state index contributed by atoms with van der Waals surface area (Å²) in [6.45, 7) is 3.41. The minimum Gasteiger partial charge on any atom is -0.480 e. The lowest BCUT2D eigenvalue weighted by atomic mass is 9.77. The third-order valence-electron chi connectivity index (χ3n) is 5.38. The highest BCUT2D eigenvalue weighted by Crippen LogP contribution is 2.35. The van der Waals surface area contributed by atoms with Crippen LogP contribution in [0.1, 0.15) is 64.7 Å². The Morgan fingerprint density at radius 3 is 2.80 bits per heavy atom. The van der Waals surface area contributed by atoms with E-state index in [9.17, 15) is 9.90 Å². The van der Waals surface area contributed by atoms with E-state index in [1.54, 1.807) is 7.05 Å². The number of aliphatic carboxylic acids is 1. The summed E-state index contributed by atoms with van der Waals surface area (Å²) in [6.07, 6.45) is 10.1. The van der Waals surface area contributed by atoms with Crippen molar-refractivity contribution in [2.75, 3.05) is 13.6 Å². The summed E-state index contributed by atoms with van der Waals surface area (Å²) in [5, 5.41) is 12.7. The van der Waals surface area contributed by atoms with Crippen LogP contribution in [0.2, 0.25) is 0 Å². The standard InChI is InChI=1S/C16H30N2O2/c1-3-7-13-8-4-5-11-18(13)14-9-6-10-16(12-14,17-2)15(19)20/h13-14,17H,3-12H2,1-2H3,(H,19,20). The van der Waals surface area contributed by atoms with Crippen LogP contribution in [0.5, 0.6) is 0 Å². The average Bonchev–Trinajstić information content (AvgIpc) is 2.48. The molecule has 20 heavy (non-hydrogen) atoms. The van der Waals surface area contributed by atoms with Crippen LogP contribution in [0.25, 0.3) is 0 Å². The Hall–Kier alpha value is -0.610. The summed E-state index contributed by atoms with van der Waals surface area (Å²) in [7, 11) is 1.80. The molecular formula is C16H30N2O2. The van der Waals surface area contributed by atoms with E-state index in [-0.39, 0.29) is 0 Å². The van der Waals surface area contributed by atoms with Gasteiger partial charge >= 0.3 is 5.97 Å². The van der Waals surface area contributed by atoms with E-state index in [0.29, 0.717) is 12.1 Å². The van der Waals surface area contributed by atoms with Crippen molar-refractivity contribution in [3.05, 3.63) is 0 Å². The quantitative estimate of drug-likeness (QED) is 0.814. The molecule has 1 heterocycles. The molecule has 0 radical (unpaired) electrons. The Morgan fingerprint density at radius 2 is 2.15 bits per heavy atom. The maximum atomic E-state index is 11.7. The van der Waals surface area contributed by atoms with Gasteiger partial charge in [0, 0.05) is 12.1 Å². The Kier molecular flexibility index (Phi) is 5.44. The summed E-state index contributed by atoms with van der Waals surface area (Å²) in [4.78, 5) is 14.3. The summed E-state index contributed by atoms with van der Waals surface area (Å²) in [6, 6.07) is 1.13. The molecule has 1 aliphatic carbocycles. The van der Waals surface area contributed by atoms with Gasteiger partial charge in [-0.1, -0.05) is 19.8 Å². The smallest absolute Gasteiger partial charge is 0.323 e. The van der Waals surface area contributed by atoms with Gasteiger partial charge in [-0.05, 0) is 58.5 Å². The maximum absolute atomic E-state index is 11.7. The minimum absolute atomic E-state index is 0.448. The molecule has 0 bridgehead atoms. The molecule has 2 aliphatic rings. The van der Waals surface area contributed by atoms with Crippen molar-refractivity contribution in [3.63, 3.8) is 0 Å². The van der Waals surface area contributed by atoms with Gasteiger partial charge < -0.3 is 10.4 Å². The topological polar surface area (TPSA) is 52.6 Å². The number of nitrogens with zero attached hydrogens (tertiary/aromatic N) is 1. The number of hydrogen-bond acceptors (Lipinski definition) is 3. The monoisotopic (exact) mass is 282 g/mol. The molecule has 4 heteroatoms. The first-order valence-electron chi connectivity index (χ1n) is 8.31. The molecule has 0 aromatic heterocycles. The lowest BCUT2D eigenvalue weighted by molar-refractivity contribution is -0.147. The van der Waals surface area contributed by atoms with Crippen LogP contribution in [0.4, 0.5) is 0 Å². The fourth-order valence-corrected chi connectivity index (χ4v) is 4.20. The molecular weight excluding hydrogens is 252 g/mol. The number of rotatable bonds is 5. The zero-order chi connectivity index (χ0) is 14.6. The van der Waals surface area contributed by atoms with Crippen LogP contribution >= 0.6 is 0 Å². The van der Waals surface area contributed by atoms with E-state index in [0.717, 1.165) is 32.2 Å². The number of nitrogens with one attached hydrogen (secondary N) is 1. The van der Waals surface area contributed by atoms with Crippen molar-refractivity contribution in [1.82, 2.24) is 10.2 Å². The molecule has 3 unspecified atom stereocenters. The van der Waals surface area contributed by atoms with E-state index < -0.39 is 11.5 Å². The highest BCUT2D eigenvalue weighted by molar-refractivity contribution is 5.79. The van der Waals surface area contributed by atoms with Crippen molar-refractivity contribution in [3.8, 4) is 0 Å². The largest absolute Gasteiger partial charge is 0.480 e. The van der Waals surface area contributed by atoms with Gasteiger partial charge in [-0.15, -0.1) is 0 Å². The number of piperidine rings is 1. The lowest BCUT2D eigenvalue weighted by Crippen LogP contribution is -2.59. The van der Waals surface area contributed by atoms with E-state index in [1.807, 2.05) is 0 Å². The Bertz CT molecular complexity index is 332. The van der Waals surface area contributed by atoms with Crippen LogP contribution in [0, 0.1) is 0 Å². The average molecular weight is 282 g/mol. The molecule has 1 saturated carbocycles. The molecule has 1 aliphatic heterocycles. The van der Waals surface area contributed by atoms with Crippen molar-refractivity contribution in [2.24, 2.45) is 0 Å². The van der Waals surface area contributed by atoms with E-state index in [2.05, 4.69) is 17.1 Å². The second kappa shape index (κ2) is 6.90. The minimum atomic E-state index is -0.697. The van der Waals surface area contributed by atoms with Gasteiger partial charge in [0.15, 0.2) is 0 Å². The number of carboxylic acid groups (broad SMARTS) is 1. The highest BCUT2D eigenvalue weighted by atomic mass is 16.4. The first kappa shape index (κ1) is 15.8. The Labute approximate surface area is 122 Å². The second-order valence-electron chi connectivity index (χ2n) is 6.56. The molecule has 1 saturated heterocycles. The van der Waals surface area contributed by atoms with Gasteiger partial charge in [-0.25, -0.2) is 0 Å². The SMILES string of the molecule is CCCC1CCCCN1C1CCCC(NC)(C(=O)O)C1. The van der Waals surface area contributed by atoms with Crippen LogP contribution in [-0.2, 0) is 4.79 Å². The molecule has 2 N–H and O–H groups in total. The molecule has 2 rings (SSSR count). The first-order chi connectivity index (χ1) is 9.63. The third kappa shape index (κ3) is 3.17. The Morgan fingerprint density at radius 1 is 1.35 bits per heavy atom. The first-order valence-corrected chi connectivity index (χ1v) is 8.31. The van der Waals surface area contributed by atoms with Crippen molar-refractivity contribution in [1.29, 1.82) is 0 Å². The molecule has 4 nitrogen and oxygen atoms in total. The lowest BCUT2D eigenvalue weighted by Gasteiger charge is -2.47. The van der Waals surface area contributed by atoms with Crippen LogP contribution in [0.15, 0.2) is 0 Å². The highest BCUT2D eigenvalue weighted by Gasteiger charge is 2.44. The zero-order valence-electron chi connectivity index (χ0n) is 13.0. The van der Waals surface area contributed by atoms with E-state index in [4.69, 9.17) is 0 Å². The maximum Gasteiger partial charge on any atom is 0.323 e. The summed E-state index contributed by atoms with van der Waals surface area (Å²) in [5.74, 6) is -0.672. The molecule has 0 aromatic rings. The molecule has 2 fully saturated rings. The van der Waals surface area contributed by atoms with Gasteiger partial charge in [0.1, 0.15) is 5.54 Å². The fourth-order valence-electron chi connectivity index (χ4n) is 4.20. The van der Waals surface area contributed by atoms with Gasteiger partial charge in [0.05, 0.1) is 0 Å². The van der Waals surface area contributed by atoms with Gasteiger partial charge in [0.2, 0.25) is 0 Å². The predicted octanol–water partition coefficient (Wildman–Crippen LogP) is 2.63. The molecule has 0 spiro atoms. The van der Waals surface area contributed by atoms with Crippen molar-refractivity contribution in [2.45, 2.75) is 82.3 Å². The predicted molar refractivity (Wildman–Crippen MR) is 80.9 cm³/mol. The van der Waals surface area contributed by atoms with Crippen molar-refractivity contribution >= 4 is 5.97 Å². The Balaban J connectivity index is 2.08. The number of carboxylic acids is 1. The summed E-state index contributed by atoms with van der Waals surface area (Å²) in [5.41, 5.74) is -0.697. The molecule has 0 aromatic carbocycles. The second-order valence-corrected chi connectivity index (χ2v) is 6.56. The van der Waals surface area contributed by atoms with Gasteiger partial charge in [-0.2, -0.15) is 0 Å². The van der Waals surface area contributed by atoms with Crippen LogP contribution in [-0.4, -0.2) is 47.2 Å². The third-order valence-corrected chi connectivity index (χ3v) is 5.38. The molecule has 3 atom stereocenters. The molecule has 0 amide bonds. The number of hydrogen-bond donors (Lipinski definition) is 2. The number of likely N-dealkylation sites (N-methyl/N-ethyl adjacent to an activating group) is 1. The van der Waals surface area contributed by atoms with E-state index in [1.165, 1.54) is 32.1 Å². The molecule has 116 valence electrons. The number of likely N-dealkylation sites (tertiary alicyclic amines) is 1. The normalized spacial score (nSPS) is 35.9. The van der Waals surface area contributed by atoms with Crippen LogP contribution in [0.3, 0.4) is 0 Å². The van der Waals surface area contributed by atoms with Gasteiger partial charge in [-0.3, -0.25) is 9.69 Å². The number of carbonyl (C=O) groups is 1. The van der Waals surface area contributed by atoms with E-state index >= 15 is 0 Å².